The molecule has 0 saturated carbocycles. The second-order valence-corrected chi connectivity index (χ2v) is 8.10. The first-order valence-electron chi connectivity index (χ1n) is 8.71. The molecule has 0 spiro atoms. The standard InChI is InChI=1S/C21H28N2OS/c1-7-23(6)14-22-19-12-17(5)21(13-18(19)15(2)3)25(24)20-11-9-8-10-16(20)4/h8-15H,7H2,1-6H3. The Bertz CT molecular complexity index is 796. The summed E-state index contributed by atoms with van der Waals surface area (Å²) in [6.45, 7) is 11.3. The second kappa shape index (κ2) is 8.43. The van der Waals surface area contributed by atoms with Gasteiger partial charge in [0.2, 0.25) is 0 Å². The molecule has 0 bridgehead atoms. The van der Waals surface area contributed by atoms with E-state index in [1.54, 1.807) is 0 Å². The maximum absolute atomic E-state index is 13.2. The predicted octanol–water partition coefficient (Wildman–Crippen LogP) is 5.21. The summed E-state index contributed by atoms with van der Waals surface area (Å²) in [5.74, 6) is 0.312. The van der Waals surface area contributed by atoms with Crippen LogP contribution < -0.4 is 0 Å². The summed E-state index contributed by atoms with van der Waals surface area (Å²) in [4.78, 5) is 8.45. The molecule has 0 fully saturated rings. The minimum absolute atomic E-state index is 0.312. The van der Waals surface area contributed by atoms with Gasteiger partial charge in [-0.1, -0.05) is 32.0 Å². The fourth-order valence-corrected chi connectivity index (χ4v) is 3.97. The molecule has 0 heterocycles. The quantitative estimate of drug-likeness (QED) is 0.526. The molecule has 0 aliphatic rings. The van der Waals surface area contributed by atoms with Crippen molar-refractivity contribution in [2.75, 3.05) is 13.6 Å². The van der Waals surface area contributed by atoms with Gasteiger partial charge >= 0.3 is 0 Å². The SMILES string of the molecule is CCN(C)C=Nc1cc(C)c(S(=O)c2ccccc2C)cc1C(C)C. The molecule has 3 nitrogen and oxygen atoms in total. The third-order valence-electron chi connectivity index (χ3n) is 4.33. The van der Waals surface area contributed by atoms with E-state index >= 15 is 0 Å². The summed E-state index contributed by atoms with van der Waals surface area (Å²) in [5, 5.41) is 0. The third-order valence-corrected chi connectivity index (χ3v) is 6.03. The molecule has 0 aliphatic carbocycles. The number of aliphatic imine (C=N–C) groups is 1. The van der Waals surface area contributed by atoms with Crippen molar-refractivity contribution in [3.63, 3.8) is 0 Å². The first-order chi connectivity index (χ1) is 11.8. The number of rotatable bonds is 6. The summed E-state index contributed by atoms with van der Waals surface area (Å²) < 4.78 is 13.2. The summed E-state index contributed by atoms with van der Waals surface area (Å²) in [7, 11) is 0.825. The fraction of sp³-hybridized carbons (Fsp3) is 0.381. The van der Waals surface area contributed by atoms with Crippen molar-refractivity contribution in [1.82, 2.24) is 4.90 Å². The van der Waals surface area contributed by atoms with Crippen LogP contribution in [0.2, 0.25) is 0 Å². The van der Waals surface area contributed by atoms with Gasteiger partial charge in [0, 0.05) is 23.4 Å². The van der Waals surface area contributed by atoms with Crippen molar-refractivity contribution < 1.29 is 4.21 Å². The van der Waals surface area contributed by atoms with Gasteiger partial charge in [0.25, 0.3) is 0 Å². The van der Waals surface area contributed by atoms with Gasteiger partial charge in [0.1, 0.15) is 0 Å². The van der Waals surface area contributed by atoms with Crippen LogP contribution in [0.3, 0.4) is 0 Å². The highest BCUT2D eigenvalue weighted by molar-refractivity contribution is 7.85. The van der Waals surface area contributed by atoms with Crippen molar-refractivity contribution in [3.8, 4) is 0 Å². The van der Waals surface area contributed by atoms with E-state index in [9.17, 15) is 4.21 Å². The van der Waals surface area contributed by atoms with Crippen molar-refractivity contribution >= 4 is 22.8 Å². The Balaban J connectivity index is 2.51. The van der Waals surface area contributed by atoms with Crippen LogP contribution in [-0.4, -0.2) is 29.0 Å². The van der Waals surface area contributed by atoms with Gasteiger partial charge in [0.15, 0.2) is 0 Å². The summed E-state index contributed by atoms with van der Waals surface area (Å²) in [6.07, 6.45) is 1.86. The zero-order valence-electron chi connectivity index (χ0n) is 16.0. The Labute approximate surface area is 154 Å². The average Bonchev–Trinajstić information content (AvgIpc) is 2.59. The molecule has 1 atom stereocenters. The van der Waals surface area contributed by atoms with Crippen molar-refractivity contribution in [2.24, 2.45) is 4.99 Å². The van der Waals surface area contributed by atoms with Gasteiger partial charge < -0.3 is 4.90 Å². The lowest BCUT2D eigenvalue weighted by atomic mass is 9.99. The Morgan fingerprint density at radius 3 is 2.40 bits per heavy atom. The van der Waals surface area contributed by atoms with Crippen LogP contribution >= 0.6 is 0 Å². The van der Waals surface area contributed by atoms with E-state index in [1.807, 2.05) is 56.4 Å². The van der Waals surface area contributed by atoms with Crippen LogP contribution in [0, 0.1) is 13.8 Å². The van der Waals surface area contributed by atoms with E-state index in [2.05, 4.69) is 37.9 Å². The zero-order chi connectivity index (χ0) is 18.6. The zero-order valence-corrected chi connectivity index (χ0v) is 16.9. The number of benzene rings is 2. The molecule has 2 aromatic rings. The summed E-state index contributed by atoms with van der Waals surface area (Å²) in [5.41, 5.74) is 4.15. The second-order valence-electron chi connectivity index (χ2n) is 6.68. The van der Waals surface area contributed by atoms with Gasteiger partial charge in [-0.2, -0.15) is 0 Å². The van der Waals surface area contributed by atoms with E-state index in [1.165, 1.54) is 0 Å². The fourth-order valence-electron chi connectivity index (χ4n) is 2.59. The van der Waals surface area contributed by atoms with Crippen molar-refractivity contribution in [2.45, 2.75) is 50.3 Å². The minimum atomic E-state index is -1.18. The molecule has 25 heavy (non-hydrogen) atoms. The largest absolute Gasteiger partial charge is 0.366 e. The maximum Gasteiger partial charge on any atom is 0.0909 e. The van der Waals surface area contributed by atoms with Gasteiger partial charge in [-0.3, -0.25) is 0 Å². The third kappa shape index (κ3) is 4.57. The Morgan fingerprint density at radius 1 is 1.12 bits per heavy atom. The molecular formula is C21H28N2OS. The molecule has 0 aliphatic heterocycles. The van der Waals surface area contributed by atoms with Crippen molar-refractivity contribution in [3.05, 3.63) is 53.1 Å². The molecule has 2 rings (SSSR count). The van der Waals surface area contributed by atoms with Gasteiger partial charge in [0.05, 0.1) is 22.8 Å². The molecule has 1 unspecified atom stereocenters. The van der Waals surface area contributed by atoms with Crippen LogP contribution in [0.4, 0.5) is 5.69 Å². The highest BCUT2D eigenvalue weighted by Gasteiger charge is 2.16. The number of hydrogen-bond donors (Lipinski definition) is 0. The minimum Gasteiger partial charge on any atom is -0.366 e. The van der Waals surface area contributed by atoms with Gasteiger partial charge in [-0.15, -0.1) is 0 Å². The predicted molar refractivity (Wildman–Crippen MR) is 108 cm³/mol. The number of aryl methyl sites for hydroxylation is 2. The first-order valence-corrected chi connectivity index (χ1v) is 9.86. The van der Waals surface area contributed by atoms with E-state index in [4.69, 9.17) is 0 Å². The molecule has 4 heteroatoms. The highest BCUT2D eigenvalue weighted by Crippen LogP contribution is 2.33. The average molecular weight is 357 g/mol. The summed E-state index contributed by atoms with van der Waals surface area (Å²) in [6, 6.07) is 12.0. The topological polar surface area (TPSA) is 32.7 Å². The van der Waals surface area contributed by atoms with Gasteiger partial charge in [-0.25, -0.2) is 9.20 Å². The highest BCUT2D eigenvalue weighted by atomic mass is 32.2. The van der Waals surface area contributed by atoms with E-state index in [0.29, 0.717) is 5.92 Å². The van der Waals surface area contributed by atoms with E-state index in [-0.39, 0.29) is 0 Å². The maximum atomic E-state index is 13.2. The number of hydrogen-bond acceptors (Lipinski definition) is 2. The van der Waals surface area contributed by atoms with Crippen LogP contribution in [0.25, 0.3) is 0 Å². The van der Waals surface area contributed by atoms with E-state index in [0.717, 1.165) is 38.7 Å². The molecule has 0 amide bonds. The monoisotopic (exact) mass is 356 g/mol. The smallest absolute Gasteiger partial charge is 0.0909 e. The van der Waals surface area contributed by atoms with Gasteiger partial charge in [-0.05, 0) is 61.6 Å². The van der Waals surface area contributed by atoms with Crippen LogP contribution in [0.15, 0.2) is 51.2 Å². The molecule has 0 N–H and O–H groups in total. The lowest BCUT2D eigenvalue weighted by Gasteiger charge is -2.16. The molecule has 2 aromatic carbocycles. The summed E-state index contributed by atoms with van der Waals surface area (Å²) >= 11 is 0. The Kier molecular flexibility index (Phi) is 6.54. The Morgan fingerprint density at radius 2 is 1.80 bits per heavy atom. The van der Waals surface area contributed by atoms with Crippen molar-refractivity contribution in [1.29, 1.82) is 0 Å². The van der Waals surface area contributed by atoms with Crippen LogP contribution in [0.1, 0.15) is 43.4 Å². The molecular weight excluding hydrogens is 328 g/mol. The Hall–Kier alpha value is -1.94. The number of nitrogens with zero attached hydrogens (tertiary/aromatic N) is 2. The molecule has 0 aromatic heterocycles. The lowest BCUT2D eigenvalue weighted by molar-refractivity contribution is 0.552. The first kappa shape index (κ1) is 19.4. The van der Waals surface area contributed by atoms with Crippen LogP contribution in [0.5, 0.6) is 0 Å². The lowest BCUT2D eigenvalue weighted by Crippen LogP contribution is -2.14. The molecule has 0 radical (unpaired) electrons. The van der Waals surface area contributed by atoms with Crippen LogP contribution in [-0.2, 0) is 10.8 Å². The normalized spacial score (nSPS) is 12.8. The molecule has 0 saturated heterocycles. The molecule has 134 valence electrons. The van der Waals surface area contributed by atoms with E-state index < -0.39 is 10.8 Å².